The molecular weight excluding hydrogens is 186 g/mol. The average Bonchev–Trinajstić information content (AvgIpc) is 2.08. The highest BCUT2D eigenvalue weighted by atomic mass is 16.4. The van der Waals surface area contributed by atoms with Crippen molar-refractivity contribution in [1.82, 2.24) is 16.0 Å². The molecule has 1 saturated heterocycles. The van der Waals surface area contributed by atoms with Gasteiger partial charge in [-0.3, -0.25) is 14.9 Å². The molecule has 0 unspecified atom stereocenters. The summed E-state index contributed by atoms with van der Waals surface area (Å²) in [5.41, 5.74) is -0.446. The van der Waals surface area contributed by atoms with E-state index in [1.54, 1.807) is 7.05 Å². The molecule has 0 aromatic heterocycles. The van der Waals surface area contributed by atoms with Gasteiger partial charge in [0.05, 0.1) is 18.5 Å². The first-order valence-electron chi connectivity index (χ1n) is 4.46. The van der Waals surface area contributed by atoms with Crippen LogP contribution in [0.4, 0.5) is 0 Å². The molecule has 14 heavy (non-hydrogen) atoms. The largest absolute Gasteiger partial charge is 0.481 e. The fourth-order valence-corrected chi connectivity index (χ4v) is 1.38. The number of nitrogens with one attached hydrogen (secondary N) is 3. The highest BCUT2D eigenvalue weighted by Crippen LogP contribution is 2.15. The van der Waals surface area contributed by atoms with Crippen LogP contribution >= 0.6 is 0 Å². The molecule has 0 spiro atoms. The Bertz CT molecular complexity index is 238. The van der Waals surface area contributed by atoms with Crippen molar-refractivity contribution < 1.29 is 14.7 Å². The van der Waals surface area contributed by atoms with E-state index in [0.717, 1.165) is 0 Å². The Morgan fingerprint density at radius 1 is 1.50 bits per heavy atom. The predicted molar refractivity (Wildman–Crippen MR) is 49.9 cm³/mol. The number of carbonyl (C=O) groups excluding carboxylic acids is 1. The van der Waals surface area contributed by atoms with E-state index >= 15 is 0 Å². The Hall–Kier alpha value is -1.14. The maximum atomic E-state index is 10.9. The normalized spacial score (nSPS) is 18.4. The molecule has 0 aromatic carbocycles. The molecule has 6 heteroatoms. The van der Waals surface area contributed by atoms with Crippen molar-refractivity contribution in [1.29, 1.82) is 0 Å². The molecule has 0 radical (unpaired) electrons. The van der Waals surface area contributed by atoms with Gasteiger partial charge in [-0.1, -0.05) is 0 Å². The van der Waals surface area contributed by atoms with Crippen LogP contribution in [-0.4, -0.2) is 49.2 Å². The van der Waals surface area contributed by atoms with Crippen molar-refractivity contribution in [2.24, 2.45) is 0 Å². The summed E-state index contributed by atoms with van der Waals surface area (Å²) < 4.78 is 0. The van der Waals surface area contributed by atoms with E-state index in [-0.39, 0.29) is 18.9 Å². The van der Waals surface area contributed by atoms with Gasteiger partial charge in [0.2, 0.25) is 5.91 Å². The van der Waals surface area contributed by atoms with Crippen molar-refractivity contribution in [2.45, 2.75) is 12.0 Å². The number of carboxylic acids is 1. The summed E-state index contributed by atoms with van der Waals surface area (Å²) in [6, 6.07) is 0. The van der Waals surface area contributed by atoms with E-state index < -0.39 is 11.5 Å². The van der Waals surface area contributed by atoms with Gasteiger partial charge in [0.15, 0.2) is 0 Å². The van der Waals surface area contributed by atoms with Crippen LogP contribution in [0.1, 0.15) is 6.42 Å². The fourth-order valence-electron chi connectivity index (χ4n) is 1.38. The third-order valence-corrected chi connectivity index (χ3v) is 2.32. The quantitative estimate of drug-likeness (QED) is 0.419. The minimum Gasteiger partial charge on any atom is -0.481 e. The SMILES string of the molecule is CNC(=O)CNC1(CC(=O)O)CNC1. The van der Waals surface area contributed by atoms with Crippen LogP contribution in [-0.2, 0) is 9.59 Å². The van der Waals surface area contributed by atoms with Crippen molar-refractivity contribution in [2.75, 3.05) is 26.7 Å². The summed E-state index contributed by atoms with van der Waals surface area (Å²) in [6.45, 7) is 1.35. The van der Waals surface area contributed by atoms with Crippen LogP contribution in [0.25, 0.3) is 0 Å². The van der Waals surface area contributed by atoms with Crippen molar-refractivity contribution in [3.05, 3.63) is 0 Å². The van der Waals surface area contributed by atoms with Crippen molar-refractivity contribution >= 4 is 11.9 Å². The van der Waals surface area contributed by atoms with Crippen LogP contribution in [0, 0.1) is 0 Å². The molecule has 80 valence electrons. The number of carbonyl (C=O) groups is 2. The Morgan fingerprint density at radius 2 is 2.14 bits per heavy atom. The minimum absolute atomic E-state index is 0.0387. The maximum Gasteiger partial charge on any atom is 0.305 e. The van der Waals surface area contributed by atoms with Gasteiger partial charge in [-0.2, -0.15) is 0 Å². The lowest BCUT2D eigenvalue weighted by atomic mass is 9.88. The summed E-state index contributed by atoms with van der Waals surface area (Å²) in [7, 11) is 1.55. The summed E-state index contributed by atoms with van der Waals surface area (Å²) in [4.78, 5) is 21.5. The van der Waals surface area contributed by atoms with Crippen LogP contribution in [0.3, 0.4) is 0 Å². The molecular formula is C8H15N3O3. The van der Waals surface area contributed by atoms with Crippen LogP contribution in [0.2, 0.25) is 0 Å². The van der Waals surface area contributed by atoms with E-state index in [1.807, 2.05) is 0 Å². The molecule has 6 nitrogen and oxygen atoms in total. The number of hydrogen-bond acceptors (Lipinski definition) is 4. The van der Waals surface area contributed by atoms with E-state index in [0.29, 0.717) is 13.1 Å². The second kappa shape index (κ2) is 4.39. The zero-order valence-corrected chi connectivity index (χ0v) is 8.09. The van der Waals surface area contributed by atoms with E-state index in [9.17, 15) is 9.59 Å². The lowest BCUT2D eigenvalue weighted by Crippen LogP contribution is -2.69. The Balaban J connectivity index is 2.37. The number of amides is 1. The molecule has 0 saturated carbocycles. The van der Waals surface area contributed by atoms with Gasteiger partial charge in [-0.25, -0.2) is 0 Å². The molecule has 1 fully saturated rings. The third kappa shape index (κ3) is 2.68. The molecule has 1 amide bonds. The molecule has 1 aliphatic rings. The van der Waals surface area contributed by atoms with E-state index in [1.165, 1.54) is 0 Å². The lowest BCUT2D eigenvalue weighted by Gasteiger charge is -2.42. The predicted octanol–water partition coefficient (Wildman–Crippen LogP) is -1.86. The summed E-state index contributed by atoms with van der Waals surface area (Å²) in [5, 5.41) is 17.1. The van der Waals surface area contributed by atoms with Gasteiger partial charge in [0.25, 0.3) is 0 Å². The Morgan fingerprint density at radius 3 is 2.50 bits per heavy atom. The van der Waals surface area contributed by atoms with Gasteiger partial charge >= 0.3 is 5.97 Å². The summed E-state index contributed by atoms with van der Waals surface area (Å²) >= 11 is 0. The molecule has 0 atom stereocenters. The van der Waals surface area contributed by atoms with Gasteiger partial charge in [0.1, 0.15) is 0 Å². The van der Waals surface area contributed by atoms with Crippen LogP contribution in [0.15, 0.2) is 0 Å². The van der Waals surface area contributed by atoms with Crippen LogP contribution in [0.5, 0.6) is 0 Å². The topological polar surface area (TPSA) is 90.5 Å². The lowest BCUT2D eigenvalue weighted by molar-refractivity contribution is -0.139. The smallest absolute Gasteiger partial charge is 0.305 e. The zero-order valence-electron chi connectivity index (χ0n) is 8.09. The number of rotatable bonds is 5. The first-order chi connectivity index (χ1) is 6.58. The summed E-state index contributed by atoms with van der Waals surface area (Å²) in [5.74, 6) is -0.988. The Kier molecular flexibility index (Phi) is 3.43. The van der Waals surface area contributed by atoms with Crippen LogP contribution < -0.4 is 16.0 Å². The highest BCUT2D eigenvalue weighted by Gasteiger charge is 2.38. The zero-order chi connectivity index (χ0) is 10.6. The van der Waals surface area contributed by atoms with E-state index in [2.05, 4.69) is 16.0 Å². The summed E-state index contributed by atoms with van der Waals surface area (Å²) in [6.07, 6.45) is 0.0387. The monoisotopic (exact) mass is 201 g/mol. The fraction of sp³-hybridized carbons (Fsp3) is 0.750. The molecule has 1 rings (SSSR count). The molecule has 0 aromatic rings. The molecule has 0 bridgehead atoms. The van der Waals surface area contributed by atoms with Gasteiger partial charge in [-0.15, -0.1) is 0 Å². The first kappa shape index (κ1) is 10.9. The first-order valence-corrected chi connectivity index (χ1v) is 4.46. The third-order valence-electron chi connectivity index (χ3n) is 2.32. The van der Waals surface area contributed by atoms with Gasteiger partial charge in [-0.05, 0) is 0 Å². The second-order valence-electron chi connectivity index (χ2n) is 3.48. The molecule has 1 heterocycles. The van der Waals surface area contributed by atoms with Gasteiger partial charge < -0.3 is 15.7 Å². The highest BCUT2D eigenvalue weighted by molar-refractivity contribution is 5.78. The van der Waals surface area contributed by atoms with E-state index in [4.69, 9.17) is 5.11 Å². The van der Waals surface area contributed by atoms with Crippen molar-refractivity contribution in [3.8, 4) is 0 Å². The van der Waals surface area contributed by atoms with Crippen molar-refractivity contribution in [3.63, 3.8) is 0 Å². The molecule has 4 N–H and O–H groups in total. The van der Waals surface area contributed by atoms with Gasteiger partial charge in [0, 0.05) is 20.1 Å². The maximum absolute atomic E-state index is 10.9. The average molecular weight is 201 g/mol. The number of likely N-dealkylation sites (N-methyl/N-ethyl adjacent to an activating group) is 1. The molecule has 0 aliphatic carbocycles. The standard InChI is InChI=1S/C8H15N3O3/c1-9-6(12)3-11-8(2-7(13)14)4-10-5-8/h10-11H,2-5H2,1H3,(H,9,12)(H,13,14). The second-order valence-corrected chi connectivity index (χ2v) is 3.48. The number of hydrogen-bond donors (Lipinski definition) is 4. The number of carboxylic acid groups (broad SMARTS) is 1. The molecule has 1 aliphatic heterocycles. The number of aliphatic carboxylic acids is 1. The minimum atomic E-state index is -0.851. The Labute approximate surface area is 82.1 Å².